The molecule has 0 radical (unpaired) electrons. The molecule has 4 rings (SSSR count). The Hall–Kier alpha value is -1.40. The minimum atomic E-state index is -0.925. The predicted molar refractivity (Wildman–Crippen MR) is 129 cm³/mol. The molecule has 3 aliphatic carbocycles. The first-order valence-electron chi connectivity index (χ1n) is 12.7. The van der Waals surface area contributed by atoms with Crippen LogP contribution in [0.4, 0.5) is 5.69 Å². The number of carboxylic acid groups (broad SMARTS) is 1. The maximum Gasteiger partial charge on any atom is 0.348 e. The van der Waals surface area contributed by atoms with Crippen LogP contribution in [0.2, 0.25) is 0 Å². The van der Waals surface area contributed by atoms with Crippen LogP contribution in [0.15, 0.2) is 6.07 Å². The summed E-state index contributed by atoms with van der Waals surface area (Å²) in [4.78, 5) is 29.5. The van der Waals surface area contributed by atoms with Crippen molar-refractivity contribution in [1.29, 1.82) is 0 Å². The van der Waals surface area contributed by atoms with Gasteiger partial charge in [0.15, 0.2) is 0 Å². The van der Waals surface area contributed by atoms with E-state index in [9.17, 15) is 19.8 Å². The van der Waals surface area contributed by atoms with E-state index in [-0.39, 0.29) is 24.0 Å². The molecule has 1 aromatic heterocycles. The van der Waals surface area contributed by atoms with Gasteiger partial charge in [-0.1, -0.05) is 26.7 Å². The molecule has 1 amide bonds. The Bertz CT molecular complexity index is 797. The molecule has 5 nitrogen and oxygen atoms in total. The number of aromatic carboxylic acids is 1. The van der Waals surface area contributed by atoms with Gasteiger partial charge in [-0.05, 0) is 88.0 Å². The van der Waals surface area contributed by atoms with E-state index in [1.807, 2.05) is 11.0 Å². The number of carboxylic acids is 1. The fraction of sp³-hybridized carbons (Fsp3) is 0.769. The third kappa shape index (κ3) is 5.22. The molecule has 0 bridgehead atoms. The van der Waals surface area contributed by atoms with Crippen LogP contribution in [0.1, 0.15) is 111 Å². The maximum absolute atomic E-state index is 13.9. The lowest BCUT2D eigenvalue weighted by Crippen LogP contribution is -2.47. The van der Waals surface area contributed by atoms with Gasteiger partial charge in [0.1, 0.15) is 4.88 Å². The Morgan fingerprint density at radius 3 is 2.00 bits per heavy atom. The van der Waals surface area contributed by atoms with E-state index in [1.54, 1.807) is 0 Å². The van der Waals surface area contributed by atoms with Gasteiger partial charge >= 0.3 is 5.97 Å². The fourth-order valence-electron chi connectivity index (χ4n) is 5.99. The number of amides is 1. The molecule has 2 N–H and O–H groups in total. The van der Waals surface area contributed by atoms with E-state index in [0.717, 1.165) is 62.2 Å². The third-order valence-corrected chi connectivity index (χ3v) is 9.51. The van der Waals surface area contributed by atoms with Crippen molar-refractivity contribution in [3.8, 4) is 0 Å². The monoisotopic (exact) mass is 461 g/mol. The van der Waals surface area contributed by atoms with Crippen LogP contribution in [0, 0.1) is 17.8 Å². The number of anilines is 1. The molecule has 178 valence electrons. The molecular formula is C26H39NO4S. The summed E-state index contributed by atoms with van der Waals surface area (Å²) in [6.45, 7) is 4.54. The van der Waals surface area contributed by atoms with E-state index in [4.69, 9.17) is 0 Å². The molecule has 1 aromatic rings. The van der Waals surface area contributed by atoms with Crippen LogP contribution >= 0.6 is 11.3 Å². The number of carbonyl (C=O) groups is 2. The van der Waals surface area contributed by atoms with Gasteiger partial charge in [-0.2, -0.15) is 0 Å². The SMILES string of the molecule is CC1CCC(C(=O)N(c2cc(C3CCC(C)CC3)sc2C(=O)O)C2CCC(O)CC2)CC1. The number of aliphatic hydroxyl groups is 1. The minimum absolute atomic E-state index is 0.0152. The van der Waals surface area contributed by atoms with Crippen molar-refractivity contribution < 1.29 is 19.8 Å². The summed E-state index contributed by atoms with van der Waals surface area (Å²) in [5, 5.41) is 20.1. The van der Waals surface area contributed by atoms with Crippen LogP contribution in [0.3, 0.4) is 0 Å². The molecule has 0 atom stereocenters. The van der Waals surface area contributed by atoms with Crippen molar-refractivity contribution in [2.24, 2.45) is 17.8 Å². The molecule has 3 aliphatic rings. The van der Waals surface area contributed by atoms with Crippen molar-refractivity contribution in [1.82, 2.24) is 0 Å². The Morgan fingerprint density at radius 1 is 0.875 bits per heavy atom. The first-order valence-corrected chi connectivity index (χ1v) is 13.5. The quantitative estimate of drug-likeness (QED) is 0.547. The normalized spacial score (nSPS) is 33.6. The second-order valence-electron chi connectivity index (χ2n) is 10.8. The summed E-state index contributed by atoms with van der Waals surface area (Å²) in [6.07, 6.45) is 11.0. The zero-order chi connectivity index (χ0) is 22.8. The number of carbonyl (C=O) groups excluding carboxylic acids is 1. The summed E-state index contributed by atoms with van der Waals surface area (Å²) < 4.78 is 0. The van der Waals surface area contributed by atoms with E-state index in [1.165, 1.54) is 24.2 Å². The van der Waals surface area contributed by atoms with Gasteiger partial charge < -0.3 is 15.1 Å². The average Bonchev–Trinajstić information content (AvgIpc) is 3.21. The maximum atomic E-state index is 13.9. The van der Waals surface area contributed by atoms with Gasteiger partial charge in [-0.25, -0.2) is 4.79 Å². The second kappa shape index (κ2) is 10.3. The van der Waals surface area contributed by atoms with Crippen LogP contribution in [-0.4, -0.2) is 34.2 Å². The highest BCUT2D eigenvalue weighted by Crippen LogP contribution is 2.44. The van der Waals surface area contributed by atoms with Crippen molar-refractivity contribution in [3.63, 3.8) is 0 Å². The lowest BCUT2D eigenvalue weighted by atomic mass is 9.81. The predicted octanol–water partition coefficient (Wildman–Crippen LogP) is 6.20. The van der Waals surface area contributed by atoms with Crippen molar-refractivity contribution in [3.05, 3.63) is 15.8 Å². The van der Waals surface area contributed by atoms with Crippen LogP contribution < -0.4 is 4.90 Å². The number of nitrogens with zero attached hydrogens (tertiary/aromatic N) is 1. The standard InChI is InChI=1S/C26H39NO4S/c1-16-3-7-18(8-4-16)23-15-22(24(32-23)26(30)31)27(20-11-13-21(28)14-12-20)25(29)19-9-5-17(2)6-10-19/h15-21,28H,3-14H2,1-2H3,(H,30,31). The lowest BCUT2D eigenvalue weighted by Gasteiger charge is -2.38. The van der Waals surface area contributed by atoms with Crippen molar-refractivity contribution >= 4 is 28.9 Å². The number of thiophene rings is 1. The second-order valence-corrected chi connectivity index (χ2v) is 11.8. The highest BCUT2D eigenvalue weighted by Gasteiger charge is 2.38. The zero-order valence-electron chi connectivity index (χ0n) is 19.6. The van der Waals surface area contributed by atoms with Gasteiger partial charge in [0.2, 0.25) is 5.91 Å². The Kier molecular flexibility index (Phi) is 7.61. The number of hydrogen-bond donors (Lipinski definition) is 2. The van der Waals surface area contributed by atoms with E-state index in [0.29, 0.717) is 35.2 Å². The number of hydrogen-bond acceptors (Lipinski definition) is 4. The Labute approximate surface area is 196 Å². The average molecular weight is 462 g/mol. The molecule has 3 fully saturated rings. The molecule has 32 heavy (non-hydrogen) atoms. The molecule has 0 spiro atoms. The first kappa shape index (κ1) is 23.7. The van der Waals surface area contributed by atoms with Gasteiger partial charge in [0.25, 0.3) is 0 Å². The van der Waals surface area contributed by atoms with E-state index >= 15 is 0 Å². The molecular weight excluding hydrogens is 422 g/mol. The Morgan fingerprint density at radius 2 is 1.44 bits per heavy atom. The first-order chi connectivity index (χ1) is 15.3. The summed E-state index contributed by atoms with van der Waals surface area (Å²) in [7, 11) is 0. The number of rotatable bonds is 5. The fourth-order valence-corrected chi connectivity index (χ4v) is 7.15. The van der Waals surface area contributed by atoms with Gasteiger partial charge in [-0.15, -0.1) is 11.3 Å². The molecule has 0 saturated heterocycles. The summed E-state index contributed by atoms with van der Waals surface area (Å²) >= 11 is 1.39. The molecule has 0 unspecified atom stereocenters. The van der Waals surface area contributed by atoms with Crippen LogP contribution in [0.25, 0.3) is 0 Å². The van der Waals surface area contributed by atoms with Gasteiger partial charge in [0, 0.05) is 16.8 Å². The zero-order valence-corrected chi connectivity index (χ0v) is 20.4. The molecule has 3 saturated carbocycles. The third-order valence-electron chi connectivity index (χ3n) is 8.24. The topological polar surface area (TPSA) is 77.8 Å². The summed E-state index contributed by atoms with van der Waals surface area (Å²) in [6, 6.07) is 2.03. The molecule has 6 heteroatoms. The largest absolute Gasteiger partial charge is 0.477 e. The van der Waals surface area contributed by atoms with Crippen molar-refractivity contribution in [2.75, 3.05) is 4.90 Å². The van der Waals surface area contributed by atoms with E-state index < -0.39 is 5.97 Å². The molecule has 0 aliphatic heterocycles. The van der Waals surface area contributed by atoms with Crippen LogP contribution in [-0.2, 0) is 4.79 Å². The Balaban J connectivity index is 1.66. The smallest absolute Gasteiger partial charge is 0.348 e. The highest BCUT2D eigenvalue weighted by molar-refractivity contribution is 7.14. The summed E-state index contributed by atoms with van der Waals surface area (Å²) in [5.74, 6) is 0.981. The summed E-state index contributed by atoms with van der Waals surface area (Å²) in [5.41, 5.74) is 0.626. The van der Waals surface area contributed by atoms with E-state index in [2.05, 4.69) is 13.8 Å². The van der Waals surface area contributed by atoms with Crippen molar-refractivity contribution in [2.45, 2.75) is 109 Å². The van der Waals surface area contributed by atoms with Crippen LogP contribution in [0.5, 0.6) is 0 Å². The van der Waals surface area contributed by atoms with Gasteiger partial charge in [0.05, 0.1) is 11.8 Å². The molecule has 0 aromatic carbocycles. The minimum Gasteiger partial charge on any atom is -0.477 e. The molecule has 1 heterocycles. The lowest BCUT2D eigenvalue weighted by molar-refractivity contribution is -0.124. The number of aliphatic hydroxyl groups excluding tert-OH is 1. The highest BCUT2D eigenvalue weighted by atomic mass is 32.1. The van der Waals surface area contributed by atoms with Gasteiger partial charge in [-0.3, -0.25) is 4.79 Å².